The number of benzene rings is 1. The molecule has 0 bridgehead atoms. The van der Waals surface area contributed by atoms with Gasteiger partial charge in [0.15, 0.2) is 0 Å². The van der Waals surface area contributed by atoms with Crippen molar-refractivity contribution in [2.45, 2.75) is 32.6 Å². The highest BCUT2D eigenvalue weighted by atomic mass is 19.4. The van der Waals surface area contributed by atoms with E-state index in [2.05, 4.69) is 15.5 Å². The van der Waals surface area contributed by atoms with E-state index in [0.717, 1.165) is 12.1 Å². The maximum atomic E-state index is 12.8. The fraction of sp³-hybridized carbons (Fsp3) is 0.278. The molecule has 1 aromatic carbocycles. The minimum Gasteiger partial charge on any atom is -0.323 e. The van der Waals surface area contributed by atoms with E-state index >= 15 is 0 Å². The van der Waals surface area contributed by atoms with Gasteiger partial charge in [0.1, 0.15) is 11.9 Å². The van der Waals surface area contributed by atoms with E-state index in [9.17, 15) is 28.1 Å². The molecule has 2 aromatic heterocycles. The lowest BCUT2D eigenvalue weighted by molar-refractivity contribution is -0.385. The summed E-state index contributed by atoms with van der Waals surface area (Å²) in [7, 11) is 0. The van der Waals surface area contributed by atoms with E-state index in [1.807, 2.05) is 0 Å². The molecule has 0 saturated heterocycles. The lowest BCUT2D eigenvalue weighted by Gasteiger charge is -2.08. The second-order valence-electron chi connectivity index (χ2n) is 6.54. The van der Waals surface area contributed by atoms with Crippen LogP contribution in [0.15, 0.2) is 42.9 Å². The van der Waals surface area contributed by atoms with E-state index in [4.69, 9.17) is 0 Å². The number of aromatic nitrogens is 4. The maximum absolute atomic E-state index is 12.8. The van der Waals surface area contributed by atoms with Crippen molar-refractivity contribution in [2.75, 3.05) is 5.32 Å². The quantitative estimate of drug-likeness (QED) is 0.464. The summed E-state index contributed by atoms with van der Waals surface area (Å²) in [4.78, 5) is 22.4. The summed E-state index contributed by atoms with van der Waals surface area (Å²) in [6.07, 6.45) is -0.255. The zero-order valence-electron chi connectivity index (χ0n) is 15.8. The number of carbonyl (C=O) groups is 1. The van der Waals surface area contributed by atoms with Crippen molar-refractivity contribution >= 4 is 17.3 Å². The summed E-state index contributed by atoms with van der Waals surface area (Å²) in [5.41, 5.74) is 0.202. The van der Waals surface area contributed by atoms with Gasteiger partial charge in [-0.1, -0.05) is 12.1 Å². The number of hydrogen-bond acceptors (Lipinski definition) is 5. The Morgan fingerprint density at radius 2 is 2.03 bits per heavy atom. The maximum Gasteiger partial charge on any atom is 0.416 e. The van der Waals surface area contributed by atoms with Crippen LogP contribution in [0.3, 0.4) is 0 Å². The molecule has 1 amide bonds. The molecule has 9 nitrogen and oxygen atoms in total. The van der Waals surface area contributed by atoms with Crippen LogP contribution in [0, 0.1) is 17.0 Å². The Kier molecular flexibility index (Phi) is 5.85. The zero-order chi connectivity index (χ0) is 21.9. The number of amides is 1. The Morgan fingerprint density at radius 3 is 2.70 bits per heavy atom. The second kappa shape index (κ2) is 8.35. The first-order valence-electron chi connectivity index (χ1n) is 8.78. The van der Waals surface area contributed by atoms with E-state index < -0.39 is 16.7 Å². The number of halogens is 3. The molecule has 1 N–H and O–H groups in total. The van der Waals surface area contributed by atoms with Gasteiger partial charge in [-0.3, -0.25) is 24.3 Å². The Morgan fingerprint density at radius 1 is 1.27 bits per heavy atom. The summed E-state index contributed by atoms with van der Waals surface area (Å²) < 4.78 is 41.1. The van der Waals surface area contributed by atoms with Crippen LogP contribution in [-0.2, 0) is 24.1 Å². The van der Waals surface area contributed by atoms with Crippen LogP contribution in [0.1, 0.15) is 23.2 Å². The molecular weight excluding hydrogens is 405 g/mol. The fourth-order valence-corrected chi connectivity index (χ4v) is 2.79. The van der Waals surface area contributed by atoms with E-state index in [0.29, 0.717) is 11.3 Å². The average molecular weight is 422 g/mol. The first-order valence-corrected chi connectivity index (χ1v) is 8.78. The normalized spacial score (nSPS) is 11.5. The number of alkyl halides is 3. The summed E-state index contributed by atoms with van der Waals surface area (Å²) in [6.45, 7) is 1.77. The minimum atomic E-state index is -4.42. The largest absolute Gasteiger partial charge is 0.416 e. The molecule has 3 rings (SSSR count). The molecule has 0 unspecified atom stereocenters. The zero-order valence-corrected chi connectivity index (χ0v) is 15.8. The minimum absolute atomic E-state index is 0.0249. The summed E-state index contributed by atoms with van der Waals surface area (Å²) in [5, 5.41) is 21.5. The molecule has 30 heavy (non-hydrogen) atoms. The molecule has 0 aliphatic rings. The third-order valence-corrected chi connectivity index (χ3v) is 4.20. The van der Waals surface area contributed by atoms with Gasteiger partial charge in [0.2, 0.25) is 5.91 Å². The molecule has 0 radical (unpaired) electrons. The van der Waals surface area contributed by atoms with Crippen molar-refractivity contribution in [1.29, 1.82) is 0 Å². The van der Waals surface area contributed by atoms with Gasteiger partial charge >= 0.3 is 11.9 Å². The molecule has 0 saturated carbocycles. The van der Waals surface area contributed by atoms with Crippen LogP contribution < -0.4 is 5.32 Å². The molecular formula is C18H17F3N6O3. The molecule has 2 heterocycles. The van der Waals surface area contributed by atoms with Crippen molar-refractivity contribution < 1.29 is 22.9 Å². The molecule has 158 valence electrons. The van der Waals surface area contributed by atoms with Crippen LogP contribution in [0.4, 0.5) is 24.5 Å². The predicted molar refractivity (Wildman–Crippen MR) is 99.6 cm³/mol. The number of aryl methyl sites for hydroxylation is 2. The first kappa shape index (κ1) is 21.0. The topological polar surface area (TPSA) is 108 Å². The van der Waals surface area contributed by atoms with Gasteiger partial charge in [0.25, 0.3) is 0 Å². The van der Waals surface area contributed by atoms with Gasteiger partial charge in [-0.15, -0.1) is 0 Å². The van der Waals surface area contributed by atoms with Gasteiger partial charge in [-0.25, -0.2) is 0 Å². The molecule has 0 spiro atoms. The predicted octanol–water partition coefficient (Wildman–Crippen LogP) is 3.39. The van der Waals surface area contributed by atoms with E-state index in [1.165, 1.54) is 40.9 Å². The molecule has 0 atom stereocenters. The smallest absolute Gasteiger partial charge is 0.323 e. The summed E-state index contributed by atoms with van der Waals surface area (Å²) >= 11 is 0. The second-order valence-corrected chi connectivity index (χ2v) is 6.54. The third kappa shape index (κ3) is 5.21. The molecule has 0 aliphatic heterocycles. The van der Waals surface area contributed by atoms with E-state index in [1.54, 1.807) is 6.07 Å². The van der Waals surface area contributed by atoms with Crippen LogP contribution in [0.2, 0.25) is 0 Å². The van der Waals surface area contributed by atoms with Crippen molar-refractivity contribution in [3.63, 3.8) is 0 Å². The highest BCUT2D eigenvalue weighted by molar-refractivity contribution is 5.90. The van der Waals surface area contributed by atoms with Crippen molar-refractivity contribution in [2.24, 2.45) is 0 Å². The molecule has 0 fully saturated rings. The number of nitrogens with one attached hydrogen (secondary N) is 1. The number of carbonyl (C=O) groups excluding carboxylic acids is 1. The number of nitrogens with zero attached hydrogens (tertiary/aromatic N) is 5. The fourth-order valence-electron chi connectivity index (χ4n) is 2.79. The third-order valence-electron chi connectivity index (χ3n) is 4.20. The van der Waals surface area contributed by atoms with Crippen LogP contribution in [0.5, 0.6) is 0 Å². The molecule has 3 aromatic rings. The van der Waals surface area contributed by atoms with Crippen molar-refractivity contribution in [3.05, 3.63) is 69.8 Å². The Bertz CT molecular complexity index is 1070. The van der Waals surface area contributed by atoms with Crippen LogP contribution in [-0.4, -0.2) is 30.4 Å². The number of rotatable bonds is 7. The molecule has 0 aliphatic carbocycles. The first-order chi connectivity index (χ1) is 14.1. The van der Waals surface area contributed by atoms with Crippen molar-refractivity contribution in [3.8, 4) is 0 Å². The van der Waals surface area contributed by atoms with Gasteiger partial charge in [-0.05, 0) is 24.6 Å². The summed E-state index contributed by atoms with van der Waals surface area (Å²) in [5.74, 6) is -0.357. The highest BCUT2D eigenvalue weighted by Gasteiger charge is 2.30. The Labute approximate surface area is 168 Å². The van der Waals surface area contributed by atoms with Gasteiger partial charge < -0.3 is 5.32 Å². The van der Waals surface area contributed by atoms with Gasteiger partial charge in [-0.2, -0.15) is 23.4 Å². The standard InChI is InChI=1S/C18H17F3N6O3/c1-12-16(27(29)30)11-25(24-12)6-5-17(28)23-15-8-22-26(10-15)9-13-3-2-4-14(7-13)18(19,20)21/h2-4,7-8,10-11H,5-6,9H2,1H3,(H,23,28). The monoisotopic (exact) mass is 422 g/mol. The number of anilines is 1. The number of nitro groups is 1. The lowest BCUT2D eigenvalue weighted by Crippen LogP contribution is -2.14. The highest BCUT2D eigenvalue weighted by Crippen LogP contribution is 2.29. The van der Waals surface area contributed by atoms with Crippen LogP contribution in [0.25, 0.3) is 0 Å². The Hall–Kier alpha value is -3.70. The molecule has 12 heteroatoms. The van der Waals surface area contributed by atoms with E-state index in [-0.39, 0.29) is 36.8 Å². The lowest BCUT2D eigenvalue weighted by atomic mass is 10.1. The van der Waals surface area contributed by atoms with Crippen LogP contribution >= 0.6 is 0 Å². The summed E-state index contributed by atoms with van der Waals surface area (Å²) in [6, 6.07) is 4.92. The van der Waals surface area contributed by atoms with Crippen molar-refractivity contribution in [1.82, 2.24) is 19.6 Å². The van der Waals surface area contributed by atoms with Gasteiger partial charge in [0.05, 0.1) is 28.9 Å². The SMILES string of the molecule is Cc1nn(CCC(=O)Nc2cnn(Cc3cccc(C(F)(F)F)c3)c2)cc1[N+](=O)[O-]. The van der Waals surface area contributed by atoms with Gasteiger partial charge in [0, 0.05) is 19.2 Å². The average Bonchev–Trinajstić information content (AvgIpc) is 3.25. The Balaban J connectivity index is 1.56. The number of hydrogen-bond donors (Lipinski definition) is 1.